The van der Waals surface area contributed by atoms with E-state index in [1.165, 1.54) is 0 Å². The number of ether oxygens (including phenoxy) is 1. The van der Waals surface area contributed by atoms with Gasteiger partial charge in [-0.2, -0.15) is 13.2 Å². The van der Waals surface area contributed by atoms with Crippen molar-refractivity contribution in [3.63, 3.8) is 0 Å². The van der Waals surface area contributed by atoms with E-state index in [2.05, 4.69) is 4.74 Å². The van der Waals surface area contributed by atoms with Crippen molar-refractivity contribution in [1.82, 2.24) is 0 Å². The standard InChI is InChI=1S/C15H8F6O3/c16-14(17,18)9-3-6-11(12(7-9)13(22)23)8-1-4-10(5-2-8)24-15(19,20)21/h1-7H,(H,22,23). The lowest BCUT2D eigenvalue weighted by atomic mass is 9.97. The number of hydrogen-bond donors (Lipinski definition) is 1. The lowest BCUT2D eigenvalue weighted by Gasteiger charge is -2.12. The molecule has 128 valence electrons. The first-order chi connectivity index (χ1) is 11.0. The molecular weight excluding hydrogens is 342 g/mol. The quantitative estimate of drug-likeness (QED) is 0.795. The van der Waals surface area contributed by atoms with E-state index in [9.17, 15) is 31.1 Å². The van der Waals surface area contributed by atoms with Crippen molar-refractivity contribution < 1.29 is 41.0 Å². The minimum absolute atomic E-state index is 0.0611. The molecule has 0 radical (unpaired) electrons. The second kappa shape index (κ2) is 6.06. The monoisotopic (exact) mass is 350 g/mol. The van der Waals surface area contributed by atoms with Crippen LogP contribution in [0.2, 0.25) is 0 Å². The van der Waals surface area contributed by atoms with Crippen molar-refractivity contribution in [1.29, 1.82) is 0 Å². The lowest BCUT2D eigenvalue weighted by molar-refractivity contribution is -0.274. The SMILES string of the molecule is O=C(O)c1cc(C(F)(F)F)ccc1-c1ccc(OC(F)(F)F)cc1. The molecule has 2 aromatic rings. The summed E-state index contributed by atoms with van der Waals surface area (Å²) in [7, 11) is 0. The number of carboxylic acids is 1. The largest absolute Gasteiger partial charge is 0.573 e. The van der Waals surface area contributed by atoms with Gasteiger partial charge in [0.25, 0.3) is 0 Å². The van der Waals surface area contributed by atoms with E-state index >= 15 is 0 Å². The van der Waals surface area contributed by atoms with Crippen LogP contribution in [-0.2, 0) is 6.18 Å². The molecule has 0 aliphatic rings. The van der Waals surface area contributed by atoms with Gasteiger partial charge in [-0.15, -0.1) is 13.2 Å². The van der Waals surface area contributed by atoms with Crippen molar-refractivity contribution in [2.45, 2.75) is 12.5 Å². The Morgan fingerprint density at radius 1 is 0.917 bits per heavy atom. The Hall–Kier alpha value is -2.71. The fourth-order valence-electron chi connectivity index (χ4n) is 1.99. The molecular formula is C15H8F6O3. The normalized spacial score (nSPS) is 12.1. The van der Waals surface area contributed by atoms with E-state index < -0.39 is 35.4 Å². The Morgan fingerprint density at radius 3 is 1.96 bits per heavy atom. The number of benzene rings is 2. The number of halogens is 6. The van der Waals surface area contributed by atoms with E-state index in [0.29, 0.717) is 12.1 Å². The molecule has 0 saturated carbocycles. The summed E-state index contributed by atoms with van der Waals surface area (Å²) in [6, 6.07) is 6.23. The summed E-state index contributed by atoms with van der Waals surface area (Å²) >= 11 is 0. The minimum atomic E-state index is -4.89. The molecule has 0 unspecified atom stereocenters. The van der Waals surface area contributed by atoms with Crippen LogP contribution in [0.15, 0.2) is 42.5 Å². The molecule has 2 aromatic carbocycles. The Bertz CT molecular complexity index is 747. The molecule has 3 nitrogen and oxygen atoms in total. The van der Waals surface area contributed by atoms with Gasteiger partial charge in [-0.25, -0.2) is 4.79 Å². The molecule has 0 fully saturated rings. The molecule has 0 amide bonds. The van der Waals surface area contributed by atoms with Gasteiger partial charge in [0.15, 0.2) is 0 Å². The average molecular weight is 350 g/mol. The minimum Gasteiger partial charge on any atom is -0.478 e. The number of alkyl halides is 6. The third-order valence-corrected chi connectivity index (χ3v) is 2.98. The number of carbonyl (C=O) groups is 1. The highest BCUT2D eigenvalue weighted by atomic mass is 19.4. The second-order valence-electron chi connectivity index (χ2n) is 4.64. The Morgan fingerprint density at radius 2 is 1.50 bits per heavy atom. The molecule has 0 bridgehead atoms. The van der Waals surface area contributed by atoms with E-state index in [0.717, 1.165) is 30.3 Å². The van der Waals surface area contributed by atoms with E-state index in [4.69, 9.17) is 5.11 Å². The Labute approximate surface area is 131 Å². The van der Waals surface area contributed by atoms with Crippen LogP contribution < -0.4 is 4.74 Å². The van der Waals surface area contributed by atoms with Crippen molar-refractivity contribution in [3.8, 4) is 16.9 Å². The molecule has 0 heterocycles. The maximum atomic E-state index is 12.7. The maximum Gasteiger partial charge on any atom is 0.573 e. The summed E-state index contributed by atoms with van der Waals surface area (Å²) < 4.78 is 77.9. The van der Waals surface area contributed by atoms with Crippen LogP contribution in [0.3, 0.4) is 0 Å². The molecule has 0 spiro atoms. The smallest absolute Gasteiger partial charge is 0.478 e. The Kier molecular flexibility index (Phi) is 4.46. The molecule has 0 aliphatic carbocycles. The third kappa shape index (κ3) is 4.18. The summed E-state index contributed by atoms with van der Waals surface area (Å²) in [5.74, 6) is -2.12. The van der Waals surface area contributed by atoms with Crippen molar-refractivity contribution in [3.05, 3.63) is 53.6 Å². The third-order valence-electron chi connectivity index (χ3n) is 2.98. The van der Waals surface area contributed by atoms with Crippen LogP contribution >= 0.6 is 0 Å². The topological polar surface area (TPSA) is 46.5 Å². The fourth-order valence-corrected chi connectivity index (χ4v) is 1.99. The average Bonchev–Trinajstić information content (AvgIpc) is 2.45. The number of carboxylic acid groups (broad SMARTS) is 1. The van der Waals surface area contributed by atoms with Crippen LogP contribution in [0, 0.1) is 0 Å². The zero-order valence-electron chi connectivity index (χ0n) is 11.6. The zero-order chi connectivity index (χ0) is 18.1. The first-order valence-electron chi connectivity index (χ1n) is 6.28. The molecule has 0 aliphatic heterocycles. The number of rotatable bonds is 3. The number of aromatic carboxylic acids is 1. The molecule has 24 heavy (non-hydrogen) atoms. The van der Waals surface area contributed by atoms with Crippen molar-refractivity contribution in [2.24, 2.45) is 0 Å². The highest BCUT2D eigenvalue weighted by molar-refractivity contribution is 5.96. The second-order valence-corrected chi connectivity index (χ2v) is 4.64. The predicted molar refractivity (Wildman–Crippen MR) is 70.5 cm³/mol. The van der Waals surface area contributed by atoms with Gasteiger partial charge >= 0.3 is 18.5 Å². The van der Waals surface area contributed by atoms with Gasteiger partial charge in [0.2, 0.25) is 0 Å². The van der Waals surface area contributed by atoms with E-state index in [1.54, 1.807) is 0 Å². The highest BCUT2D eigenvalue weighted by Crippen LogP contribution is 2.34. The first kappa shape index (κ1) is 17.6. The first-order valence-corrected chi connectivity index (χ1v) is 6.28. The van der Waals surface area contributed by atoms with Crippen LogP contribution in [0.4, 0.5) is 26.3 Å². The van der Waals surface area contributed by atoms with Gasteiger partial charge in [-0.3, -0.25) is 0 Å². The number of hydrogen-bond acceptors (Lipinski definition) is 2. The van der Waals surface area contributed by atoms with Crippen LogP contribution in [0.5, 0.6) is 5.75 Å². The summed E-state index contributed by atoms with van der Waals surface area (Å²) in [6.45, 7) is 0. The molecule has 9 heteroatoms. The van der Waals surface area contributed by atoms with Crippen LogP contribution in [0.25, 0.3) is 11.1 Å². The molecule has 0 atom stereocenters. The molecule has 1 N–H and O–H groups in total. The van der Waals surface area contributed by atoms with Gasteiger partial charge in [0.05, 0.1) is 11.1 Å². The summed E-state index contributed by atoms with van der Waals surface area (Å²) in [5.41, 5.74) is -1.68. The van der Waals surface area contributed by atoms with Gasteiger partial charge in [0, 0.05) is 0 Å². The van der Waals surface area contributed by atoms with E-state index in [-0.39, 0.29) is 11.1 Å². The summed E-state index contributed by atoms with van der Waals surface area (Å²) in [6.07, 6.45) is -9.60. The predicted octanol–water partition coefficient (Wildman–Crippen LogP) is 4.97. The van der Waals surface area contributed by atoms with Crippen LogP contribution in [-0.4, -0.2) is 17.4 Å². The van der Waals surface area contributed by atoms with Crippen LogP contribution in [0.1, 0.15) is 15.9 Å². The molecule has 2 rings (SSSR count). The summed E-state index contributed by atoms with van der Waals surface area (Å²) in [4.78, 5) is 11.2. The zero-order valence-corrected chi connectivity index (χ0v) is 11.6. The van der Waals surface area contributed by atoms with Crippen molar-refractivity contribution in [2.75, 3.05) is 0 Å². The van der Waals surface area contributed by atoms with Gasteiger partial charge < -0.3 is 9.84 Å². The highest BCUT2D eigenvalue weighted by Gasteiger charge is 2.32. The molecule has 0 aromatic heterocycles. The fraction of sp³-hybridized carbons (Fsp3) is 0.133. The Balaban J connectivity index is 2.43. The lowest BCUT2D eigenvalue weighted by Crippen LogP contribution is -2.16. The summed E-state index contributed by atoms with van der Waals surface area (Å²) in [5, 5.41) is 9.08. The van der Waals surface area contributed by atoms with Gasteiger partial charge in [-0.05, 0) is 35.4 Å². The molecule has 0 saturated heterocycles. The van der Waals surface area contributed by atoms with Gasteiger partial charge in [0.1, 0.15) is 5.75 Å². The van der Waals surface area contributed by atoms with E-state index in [1.807, 2.05) is 0 Å². The maximum absolute atomic E-state index is 12.7. The van der Waals surface area contributed by atoms with Crippen molar-refractivity contribution >= 4 is 5.97 Å². The van der Waals surface area contributed by atoms with Gasteiger partial charge in [-0.1, -0.05) is 18.2 Å².